The van der Waals surface area contributed by atoms with E-state index in [0.717, 1.165) is 12.2 Å². The molecule has 0 aliphatic carbocycles. The molecule has 0 aromatic carbocycles. The minimum absolute atomic E-state index is 0.427. The van der Waals surface area contributed by atoms with Crippen molar-refractivity contribution in [2.24, 2.45) is 5.73 Å². The first-order valence-corrected chi connectivity index (χ1v) is 4.50. The molecule has 0 amide bonds. The van der Waals surface area contributed by atoms with E-state index in [1.807, 2.05) is 12.5 Å². The summed E-state index contributed by atoms with van der Waals surface area (Å²) in [5, 5.41) is 0. The quantitative estimate of drug-likeness (QED) is 0.736. The molecule has 1 rings (SSSR count). The molecule has 1 atom stereocenters. The lowest BCUT2D eigenvalue weighted by Gasteiger charge is -2.19. The summed E-state index contributed by atoms with van der Waals surface area (Å²) in [7, 11) is 4.13. The van der Waals surface area contributed by atoms with E-state index in [4.69, 9.17) is 5.73 Å². The molecule has 0 saturated carbocycles. The van der Waals surface area contributed by atoms with Gasteiger partial charge >= 0.3 is 0 Å². The van der Waals surface area contributed by atoms with Crippen molar-refractivity contribution in [1.82, 2.24) is 14.5 Å². The lowest BCUT2D eigenvalue weighted by atomic mass is 10.3. The van der Waals surface area contributed by atoms with Crippen LogP contribution in [0.2, 0.25) is 0 Å². The first kappa shape index (κ1) is 10.2. The van der Waals surface area contributed by atoms with E-state index < -0.39 is 0 Å². The Morgan fingerprint density at radius 3 is 2.85 bits per heavy atom. The Hall–Kier alpha value is -0.870. The molecule has 0 radical (unpaired) electrons. The van der Waals surface area contributed by atoms with Crippen molar-refractivity contribution in [2.75, 3.05) is 20.6 Å². The van der Waals surface area contributed by atoms with E-state index in [2.05, 4.69) is 35.5 Å². The van der Waals surface area contributed by atoms with Gasteiger partial charge in [-0.2, -0.15) is 0 Å². The minimum atomic E-state index is 0.427. The molecule has 4 nitrogen and oxygen atoms in total. The van der Waals surface area contributed by atoms with Gasteiger partial charge in [0.15, 0.2) is 0 Å². The Morgan fingerprint density at radius 1 is 1.62 bits per heavy atom. The van der Waals surface area contributed by atoms with Gasteiger partial charge in [-0.15, -0.1) is 0 Å². The zero-order valence-electron chi connectivity index (χ0n) is 8.57. The van der Waals surface area contributed by atoms with Gasteiger partial charge in [-0.05, 0) is 21.0 Å². The van der Waals surface area contributed by atoms with Gasteiger partial charge in [-0.25, -0.2) is 4.98 Å². The van der Waals surface area contributed by atoms with Crippen LogP contribution in [0.25, 0.3) is 0 Å². The van der Waals surface area contributed by atoms with Crippen LogP contribution < -0.4 is 5.73 Å². The summed E-state index contributed by atoms with van der Waals surface area (Å²) in [5.41, 5.74) is 6.68. The predicted molar refractivity (Wildman–Crippen MR) is 53.4 cm³/mol. The van der Waals surface area contributed by atoms with Crippen molar-refractivity contribution in [2.45, 2.75) is 19.5 Å². The fourth-order valence-electron chi connectivity index (χ4n) is 1.50. The minimum Gasteiger partial charge on any atom is -0.329 e. The van der Waals surface area contributed by atoms with Crippen LogP contribution in [0.15, 0.2) is 12.5 Å². The summed E-state index contributed by atoms with van der Waals surface area (Å²) in [6.45, 7) is 3.72. The maximum Gasteiger partial charge on any atom is 0.0951 e. The number of rotatable bonds is 4. The molecule has 13 heavy (non-hydrogen) atoms. The zero-order valence-corrected chi connectivity index (χ0v) is 8.57. The van der Waals surface area contributed by atoms with Crippen LogP contribution in [-0.4, -0.2) is 35.1 Å². The molecule has 1 aromatic heterocycles. The molecule has 4 heteroatoms. The van der Waals surface area contributed by atoms with Gasteiger partial charge in [0.05, 0.1) is 12.0 Å². The number of hydrogen-bond donors (Lipinski definition) is 1. The standard InChI is InChI=1S/C9H18N4/c1-8(6-12(2)3)13-7-11-5-9(13)4-10/h5,7-8H,4,6,10H2,1-3H3. The maximum atomic E-state index is 5.59. The summed E-state index contributed by atoms with van der Waals surface area (Å²) in [5.74, 6) is 0. The predicted octanol–water partition coefficient (Wildman–Crippen LogP) is 0.464. The summed E-state index contributed by atoms with van der Waals surface area (Å²) < 4.78 is 2.12. The Balaban J connectivity index is 2.69. The smallest absolute Gasteiger partial charge is 0.0951 e. The molecule has 1 aromatic rings. The second kappa shape index (κ2) is 4.39. The highest BCUT2D eigenvalue weighted by molar-refractivity contribution is 4.99. The number of nitrogens with two attached hydrogens (primary N) is 1. The monoisotopic (exact) mass is 182 g/mol. The van der Waals surface area contributed by atoms with Crippen molar-refractivity contribution in [3.8, 4) is 0 Å². The average molecular weight is 182 g/mol. The number of aromatic nitrogens is 2. The van der Waals surface area contributed by atoms with Crippen LogP contribution in [-0.2, 0) is 6.54 Å². The van der Waals surface area contributed by atoms with Gasteiger partial charge in [-0.3, -0.25) is 0 Å². The Labute approximate surface area is 79.4 Å². The van der Waals surface area contributed by atoms with E-state index in [9.17, 15) is 0 Å². The third-order valence-corrected chi connectivity index (χ3v) is 2.06. The lowest BCUT2D eigenvalue weighted by Crippen LogP contribution is -2.23. The summed E-state index contributed by atoms with van der Waals surface area (Å²) in [4.78, 5) is 6.24. The number of imidazole rings is 1. The molecule has 2 N–H and O–H groups in total. The zero-order chi connectivity index (χ0) is 9.84. The summed E-state index contributed by atoms with van der Waals surface area (Å²) >= 11 is 0. The van der Waals surface area contributed by atoms with E-state index >= 15 is 0 Å². The third-order valence-electron chi connectivity index (χ3n) is 2.06. The van der Waals surface area contributed by atoms with Gasteiger partial charge in [0.1, 0.15) is 0 Å². The molecule has 74 valence electrons. The highest BCUT2D eigenvalue weighted by Crippen LogP contribution is 2.09. The number of nitrogens with zero attached hydrogens (tertiary/aromatic N) is 3. The number of likely N-dealkylation sites (N-methyl/N-ethyl adjacent to an activating group) is 1. The largest absolute Gasteiger partial charge is 0.329 e. The number of hydrogen-bond acceptors (Lipinski definition) is 3. The highest BCUT2D eigenvalue weighted by atomic mass is 15.1. The van der Waals surface area contributed by atoms with Crippen LogP contribution in [0.1, 0.15) is 18.7 Å². The average Bonchev–Trinajstić information content (AvgIpc) is 2.49. The molecular formula is C9H18N4. The van der Waals surface area contributed by atoms with Crippen molar-refractivity contribution >= 4 is 0 Å². The highest BCUT2D eigenvalue weighted by Gasteiger charge is 2.08. The molecule has 0 aliphatic rings. The van der Waals surface area contributed by atoms with Gasteiger partial charge in [-0.1, -0.05) is 0 Å². The molecule has 1 heterocycles. The maximum absolute atomic E-state index is 5.59. The molecule has 0 aliphatic heterocycles. The van der Waals surface area contributed by atoms with Crippen molar-refractivity contribution < 1.29 is 0 Å². The first-order valence-electron chi connectivity index (χ1n) is 4.50. The first-order chi connectivity index (χ1) is 6.15. The van der Waals surface area contributed by atoms with Gasteiger partial charge in [0.25, 0.3) is 0 Å². The molecule has 1 unspecified atom stereocenters. The second-order valence-corrected chi connectivity index (χ2v) is 3.61. The Morgan fingerprint density at radius 2 is 2.31 bits per heavy atom. The molecule has 0 saturated heterocycles. The topological polar surface area (TPSA) is 47.1 Å². The second-order valence-electron chi connectivity index (χ2n) is 3.61. The van der Waals surface area contributed by atoms with Crippen molar-refractivity contribution in [1.29, 1.82) is 0 Å². The molecular weight excluding hydrogens is 164 g/mol. The van der Waals surface area contributed by atoms with Crippen LogP contribution in [0.3, 0.4) is 0 Å². The van der Waals surface area contributed by atoms with E-state index in [1.54, 1.807) is 0 Å². The van der Waals surface area contributed by atoms with Crippen molar-refractivity contribution in [3.63, 3.8) is 0 Å². The van der Waals surface area contributed by atoms with E-state index in [1.165, 1.54) is 0 Å². The normalized spacial score (nSPS) is 13.6. The fourth-order valence-corrected chi connectivity index (χ4v) is 1.50. The SMILES string of the molecule is CC(CN(C)C)n1cncc1CN. The Kier molecular flexibility index (Phi) is 3.45. The third kappa shape index (κ3) is 2.54. The molecule has 0 spiro atoms. The van der Waals surface area contributed by atoms with Crippen LogP contribution in [0.5, 0.6) is 0 Å². The lowest BCUT2D eigenvalue weighted by molar-refractivity contribution is 0.333. The Bertz CT molecular complexity index is 254. The van der Waals surface area contributed by atoms with Gasteiger partial charge < -0.3 is 15.2 Å². The van der Waals surface area contributed by atoms with Gasteiger partial charge in [0.2, 0.25) is 0 Å². The van der Waals surface area contributed by atoms with Crippen LogP contribution in [0.4, 0.5) is 0 Å². The van der Waals surface area contributed by atoms with E-state index in [0.29, 0.717) is 12.6 Å². The fraction of sp³-hybridized carbons (Fsp3) is 0.667. The summed E-state index contributed by atoms with van der Waals surface area (Å²) in [6, 6.07) is 0.427. The summed E-state index contributed by atoms with van der Waals surface area (Å²) in [6.07, 6.45) is 3.67. The van der Waals surface area contributed by atoms with Crippen LogP contribution in [0, 0.1) is 0 Å². The van der Waals surface area contributed by atoms with Crippen molar-refractivity contribution in [3.05, 3.63) is 18.2 Å². The van der Waals surface area contributed by atoms with E-state index in [-0.39, 0.29) is 0 Å². The molecule has 0 bridgehead atoms. The van der Waals surface area contributed by atoms with Gasteiger partial charge in [0, 0.05) is 25.3 Å². The van der Waals surface area contributed by atoms with Crippen LogP contribution >= 0.6 is 0 Å². The molecule has 0 fully saturated rings.